The summed E-state index contributed by atoms with van der Waals surface area (Å²) >= 11 is 0. The standard InChI is InChI=1S/C11H20N4O8S/c1-13-7(5-24(21,22)23)10(18)15-6(11(19)20)2-3-9(17)14-4-8(12)16/h6-7,13H,2-5H2,1H3,(H2,12,16)(H,14,17)(H,15,18)(H,19,20)(H,21,22,23). The summed E-state index contributed by atoms with van der Waals surface area (Å²) in [4.78, 5) is 44.8. The van der Waals surface area contributed by atoms with Gasteiger partial charge < -0.3 is 26.8 Å². The van der Waals surface area contributed by atoms with Crippen molar-refractivity contribution in [2.24, 2.45) is 5.73 Å². The van der Waals surface area contributed by atoms with Gasteiger partial charge in [0.2, 0.25) is 17.7 Å². The van der Waals surface area contributed by atoms with E-state index in [1.807, 2.05) is 0 Å². The molecule has 3 amide bonds. The highest BCUT2D eigenvalue weighted by molar-refractivity contribution is 7.85. The first-order valence-electron chi connectivity index (χ1n) is 6.67. The normalized spacial score (nSPS) is 13.6. The molecule has 24 heavy (non-hydrogen) atoms. The minimum atomic E-state index is -4.46. The number of amides is 3. The van der Waals surface area contributed by atoms with Crippen LogP contribution in [0.4, 0.5) is 0 Å². The lowest BCUT2D eigenvalue weighted by atomic mass is 10.1. The molecular weight excluding hydrogens is 348 g/mol. The number of hydrogen-bond acceptors (Lipinski definition) is 7. The topological polar surface area (TPSA) is 205 Å². The summed E-state index contributed by atoms with van der Waals surface area (Å²) in [5.74, 6) is -4.76. The summed E-state index contributed by atoms with van der Waals surface area (Å²) in [7, 11) is -3.20. The SMILES string of the molecule is CNC(CS(=O)(=O)O)C(=O)NC(CCC(=O)NCC(N)=O)C(=O)O. The van der Waals surface area contributed by atoms with Gasteiger partial charge in [-0.25, -0.2) is 4.79 Å². The largest absolute Gasteiger partial charge is 0.480 e. The number of nitrogens with one attached hydrogen (secondary N) is 3. The fraction of sp³-hybridized carbons (Fsp3) is 0.636. The fourth-order valence-corrected chi connectivity index (χ4v) is 2.32. The zero-order chi connectivity index (χ0) is 18.9. The van der Waals surface area contributed by atoms with E-state index in [4.69, 9.17) is 15.4 Å². The fourth-order valence-electron chi connectivity index (χ4n) is 1.58. The second-order valence-corrected chi connectivity index (χ2v) is 6.27. The zero-order valence-corrected chi connectivity index (χ0v) is 13.6. The molecule has 0 radical (unpaired) electrons. The van der Waals surface area contributed by atoms with E-state index in [1.54, 1.807) is 0 Å². The van der Waals surface area contributed by atoms with Gasteiger partial charge in [0, 0.05) is 6.42 Å². The van der Waals surface area contributed by atoms with Gasteiger partial charge in [0.25, 0.3) is 10.1 Å². The number of primary amides is 1. The Balaban J connectivity index is 4.66. The van der Waals surface area contributed by atoms with E-state index in [0.29, 0.717) is 0 Å². The lowest BCUT2D eigenvalue weighted by Crippen LogP contribution is -2.52. The minimum Gasteiger partial charge on any atom is -0.480 e. The second-order valence-electron chi connectivity index (χ2n) is 4.77. The number of rotatable bonds is 11. The van der Waals surface area contributed by atoms with Crippen molar-refractivity contribution < 1.29 is 37.3 Å². The van der Waals surface area contributed by atoms with Crippen LogP contribution in [0.3, 0.4) is 0 Å². The van der Waals surface area contributed by atoms with Crippen LogP contribution in [0.1, 0.15) is 12.8 Å². The third-order valence-electron chi connectivity index (χ3n) is 2.78. The van der Waals surface area contributed by atoms with Crippen molar-refractivity contribution in [1.82, 2.24) is 16.0 Å². The predicted octanol–water partition coefficient (Wildman–Crippen LogP) is -3.59. The van der Waals surface area contributed by atoms with Gasteiger partial charge in [-0.1, -0.05) is 0 Å². The molecule has 0 aliphatic carbocycles. The lowest BCUT2D eigenvalue weighted by molar-refractivity contribution is -0.142. The van der Waals surface area contributed by atoms with E-state index in [-0.39, 0.29) is 12.8 Å². The summed E-state index contributed by atoms with van der Waals surface area (Å²) in [6.45, 7) is -0.404. The Morgan fingerprint density at radius 1 is 1.17 bits per heavy atom. The smallest absolute Gasteiger partial charge is 0.326 e. The minimum absolute atomic E-state index is 0.298. The molecule has 0 bridgehead atoms. The van der Waals surface area contributed by atoms with Gasteiger partial charge in [0.15, 0.2) is 0 Å². The van der Waals surface area contributed by atoms with E-state index < -0.39 is 58.2 Å². The molecular formula is C11H20N4O8S. The third kappa shape index (κ3) is 9.70. The molecule has 0 rings (SSSR count). The second kappa shape index (κ2) is 9.79. The van der Waals surface area contributed by atoms with Gasteiger partial charge in [-0.05, 0) is 13.5 Å². The van der Waals surface area contributed by atoms with Crippen molar-refractivity contribution in [2.75, 3.05) is 19.3 Å². The molecule has 0 heterocycles. The monoisotopic (exact) mass is 368 g/mol. The number of likely N-dealkylation sites (N-methyl/N-ethyl adjacent to an activating group) is 1. The van der Waals surface area contributed by atoms with Crippen LogP contribution in [0.5, 0.6) is 0 Å². The zero-order valence-electron chi connectivity index (χ0n) is 12.8. The van der Waals surface area contributed by atoms with Gasteiger partial charge in [0.1, 0.15) is 12.1 Å². The number of hydrogen-bond donors (Lipinski definition) is 6. The molecule has 2 unspecified atom stereocenters. The number of carbonyl (C=O) groups excluding carboxylic acids is 3. The Morgan fingerprint density at radius 3 is 2.17 bits per heavy atom. The Kier molecular flexibility index (Phi) is 8.87. The number of carboxylic acid groups (broad SMARTS) is 1. The molecule has 0 aromatic carbocycles. The van der Waals surface area contributed by atoms with Crippen molar-refractivity contribution >= 4 is 33.8 Å². The first-order valence-corrected chi connectivity index (χ1v) is 8.27. The van der Waals surface area contributed by atoms with Gasteiger partial charge in [-0.3, -0.25) is 18.9 Å². The first-order chi connectivity index (χ1) is 11.0. The van der Waals surface area contributed by atoms with Crippen LogP contribution in [-0.4, -0.2) is 73.2 Å². The molecule has 7 N–H and O–H groups in total. The third-order valence-corrected chi connectivity index (χ3v) is 3.53. The number of aliphatic carboxylic acids is 1. The predicted molar refractivity (Wildman–Crippen MR) is 80.3 cm³/mol. The molecule has 0 saturated heterocycles. The summed E-state index contributed by atoms with van der Waals surface area (Å²) in [5, 5.41) is 15.6. The summed E-state index contributed by atoms with van der Waals surface area (Å²) in [6, 6.07) is -2.83. The number of nitrogens with two attached hydrogens (primary N) is 1. The van der Waals surface area contributed by atoms with Crippen LogP contribution in [0.15, 0.2) is 0 Å². The van der Waals surface area contributed by atoms with Gasteiger partial charge >= 0.3 is 5.97 Å². The van der Waals surface area contributed by atoms with E-state index >= 15 is 0 Å². The molecule has 0 aliphatic rings. The quantitative estimate of drug-likeness (QED) is 0.199. The summed E-state index contributed by atoms with van der Waals surface area (Å²) in [5.41, 5.74) is 4.83. The molecule has 0 aliphatic heterocycles. The Hall–Kier alpha value is -2.25. The summed E-state index contributed by atoms with van der Waals surface area (Å²) < 4.78 is 30.3. The number of carbonyl (C=O) groups is 4. The molecule has 0 aromatic heterocycles. The molecule has 13 heteroatoms. The Labute approximate surface area is 137 Å². The maximum absolute atomic E-state index is 11.9. The molecule has 0 saturated carbocycles. The van der Waals surface area contributed by atoms with Crippen LogP contribution >= 0.6 is 0 Å². The first kappa shape index (κ1) is 21.8. The highest BCUT2D eigenvalue weighted by Gasteiger charge is 2.27. The molecule has 12 nitrogen and oxygen atoms in total. The van der Waals surface area contributed by atoms with Crippen LogP contribution < -0.4 is 21.7 Å². The molecule has 0 fully saturated rings. The Morgan fingerprint density at radius 2 is 1.75 bits per heavy atom. The van der Waals surface area contributed by atoms with Crippen molar-refractivity contribution in [3.8, 4) is 0 Å². The number of carboxylic acids is 1. The van der Waals surface area contributed by atoms with E-state index in [1.165, 1.54) is 7.05 Å². The molecule has 0 aromatic rings. The molecule has 138 valence electrons. The highest BCUT2D eigenvalue weighted by atomic mass is 32.2. The molecule has 2 atom stereocenters. The van der Waals surface area contributed by atoms with Crippen molar-refractivity contribution in [3.63, 3.8) is 0 Å². The van der Waals surface area contributed by atoms with Gasteiger partial charge in [-0.2, -0.15) is 8.42 Å². The van der Waals surface area contributed by atoms with Crippen LogP contribution in [0.2, 0.25) is 0 Å². The van der Waals surface area contributed by atoms with Crippen LogP contribution in [0.25, 0.3) is 0 Å². The van der Waals surface area contributed by atoms with Crippen molar-refractivity contribution in [3.05, 3.63) is 0 Å². The van der Waals surface area contributed by atoms with Crippen molar-refractivity contribution in [2.45, 2.75) is 24.9 Å². The highest BCUT2D eigenvalue weighted by Crippen LogP contribution is 2.00. The van der Waals surface area contributed by atoms with Crippen LogP contribution in [0, 0.1) is 0 Å². The maximum atomic E-state index is 11.9. The van der Waals surface area contributed by atoms with E-state index in [0.717, 1.165) is 0 Å². The van der Waals surface area contributed by atoms with E-state index in [9.17, 15) is 27.6 Å². The van der Waals surface area contributed by atoms with Crippen LogP contribution in [-0.2, 0) is 29.3 Å². The average molecular weight is 368 g/mol. The average Bonchev–Trinajstić information content (AvgIpc) is 2.45. The Bertz CT molecular complexity index is 591. The van der Waals surface area contributed by atoms with Gasteiger partial charge in [-0.15, -0.1) is 0 Å². The summed E-state index contributed by atoms with van der Waals surface area (Å²) in [6.07, 6.45) is -0.610. The molecule has 0 spiro atoms. The lowest BCUT2D eigenvalue weighted by Gasteiger charge is -2.19. The maximum Gasteiger partial charge on any atom is 0.326 e. The van der Waals surface area contributed by atoms with Gasteiger partial charge in [0.05, 0.1) is 12.3 Å². The van der Waals surface area contributed by atoms with E-state index in [2.05, 4.69) is 16.0 Å². The van der Waals surface area contributed by atoms with Crippen molar-refractivity contribution in [1.29, 1.82) is 0 Å².